The summed E-state index contributed by atoms with van der Waals surface area (Å²) in [5.74, 6) is -0.356. The van der Waals surface area contributed by atoms with Crippen LogP contribution >= 0.6 is 0 Å². The number of para-hydroxylation sites is 1. The zero-order valence-corrected chi connectivity index (χ0v) is 19.3. The molecule has 1 atom stereocenters. The molecule has 0 spiro atoms. The van der Waals surface area contributed by atoms with Crippen LogP contribution in [0.15, 0.2) is 77.7 Å². The molecule has 0 fully saturated rings. The second-order valence-corrected chi connectivity index (χ2v) is 9.02. The lowest BCUT2D eigenvalue weighted by Crippen LogP contribution is -2.41. The third-order valence-corrected chi connectivity index (χ3v) is 6.52. The standard InChI is InChI=1S/C24H25N3O5S/c1-16-21(24(29)25-18-8-5-4-6-9-18)10-7-11-22(16)26-23(28)17(2)27-33(30,31)20-14-12-19(32-3)13-15-20/h4-15,17,27H,1-3H3,(H,25,29)(H,26,28)/t17-/m0/s1. The summed E-state index contributed by atoms with van der Waals surface area (Å²) in [7, 11) is -2.44. The zero-order chi connectivity index (χ0) is 24.0. The molecule has 0 unspecified atom stereocenters. The van der Waals surface area contributed by atoms with E-state index in [4.69, 9.17) is 4.74 Å². The summed E-state index contributed by atoms with van der Waals surface area (Å²) in [6.45, 7) is 3.15. The van der Waals surface area contributed by atoms with Gasteiger partial charge in [0.15, 0.2) is 0 Å². The number of ether oxygens (including phenoxy) is 1. The highest BCUT2D eigenvalue weighted by molar-refractivity contribution is 7.89. The zero-order valence-electron chi connectivity index (χ0n) is 18.5. The van der Waals surface area contributed by atoms with Crippen molar-refractivity contribution in [1.82, 2.24) is 4.72 Å². The predicted octanol–water partition coefficient (Wildman–Crippen LogP) is 3.56. The normalized spacial score (nSPS) is 12.0. The maximum atomic E-state index is 12.7. The van der Waals surface area contributed by atoms with E-state index < -0.39 is 22.0 Å². The fourth-order valence-electron chi connectivity index (χ4n) is 3.09. The van der Waals surface area contributed by atoms with Gasteiger partial charge in [-0.3, -0.25) is 9.59 Å². The van der Waals surface area contributed by atoms with Crippen LogP contribution in [0.1, 0.15) is 22.8 Å². The van der Waals surface area contributed by atoms with Crippen LogP contribution in [0.3, 0.4) is 0 Å². The molecule has 0 saturated carbocycles. The first-order chi connectivity index (χ1) is 15.7. The maximum absolute atomic E-state index is 12.7. The molecule has 0 radical (unpaired) electrons. The largest absolute Gasteiger partial charge is 0.497 e. The third kappa shape index (κ3) is 5.97. The second-order valence-electron chi connectivity index (χ2n) is 7.31. The quantitative estimate of drug-likeness (QED) is 0.469. The lowest BCUT2D eigenvalue weighted by molar-refractivity contribution is -0.117. The molecule has 0 heterocycles. The average Bonchev–Trinajstić information content (AvgIpc) is 2.80. The third-order valence-electron chi connectivity index (χ3n) is 4.96. The highest BCUT2D eigenvalue weighted by Gasteiger charge is 2.23. The van der Waals surface area contributed by atoms with E-state index in [0.717, 1.165) is 0 Å². The van der Waals surface area contributed by atoms with E-state index in [1.807, 2.05) is 18.2 Å². The lowest BCUT2D eigenvalue weighted by Gasteiger charge is -2.17. The summed E-state index contributed by atoms with van der Waals surface area (Å²) in [5.41, 5.74) is 2.02. The van der Waals surface area contributed by atoms with Gasteiger partial charge in [-0.25, -0.2) is 8.42 Å². The molecular formula is C24H25N3O5S. The monoisotopic (exact) mass is 467 g/mol. The van der Waals surface area contributed by atoms with Gasteiger partial charge in [0.25, 0.3) is 5.91 Å². The minimum atomic E-state index is -3.92. The van der Waals surface area contributed by atoms with Crippen molar-refractivity contribution in [2.24, 2.45) is 0 Å². The Balaban J connectivity index is 1.70. The van der Waals surface area contributed by atoms with E-state index in [0.29, 0.717) is 28.3 Å². The SMILES string of the molecule is COc1ccc(S(=O)(=O)N[C@@H](C)C(=O)Nc2cccc(C(=O)Nc3ccccc3)c2C)cc1. The van der Waals surface area contributed by atoms with E-state index in [-0.39, 0.29) is 10.8 Å². The van der Waals surface area contributed by atoms with E-state index in [9.17, 15) is 18.0 Å². The van der Waals surface area contributed by atoms with Crippen LogP contribution < -0.4 is 20.1 Å². The number of sulfonamides is 1. The minimum absolute atomic E-state index is 0.0127. The van der Waals surface area contributed by atoms with Crippen molar-refractivity contribution in [3.63, 3.8) is 0 Å². The first kappa shape index (κ1) is 24.0. The second kappa shape index (κ2) is 10.3. The Labute approximate surface area is 193 Å². The molecule has 2 amide bonds. The molecule has 0 aliphatic heterocycles. The summed E-state index contributed by atoms with van der Waals surface area (Å²) in [5, 5.41) is 5.50. The van der Waals surface area contributed by atoms with Gasteiger partial charge >= 0.3 is 0 Å². The molecule has 33 heavy (non-hydrogen) atoms. The van der Waals surface area contributed by atoms with Crippen LogP contribution in [0.4, 0.5) is 11.4 Å². The number of anilines is 2. The van der Waals surface area contributed by atoms with Gasteiger partial charge in [0.2, 0.25) is 15.9 Å². The lowest BCUT2D eigenvalue weighted by atomic mass is 10.1. The van der Waals surface area contributed by atoms with Crippen molar-refractivity contribution < 1.29 is 22.7 Å². The number of hydrogen-bond donors (Lipinski definition) is 3. The number of carbonyl (C=O) groups is 2. The summed E-state index contributed by atoms with van der Waals surface area (Å²) in [6.07, 6.45) is 0. The highest BCUT2D eigenvalue weighted by Crippen LogP contribution is 2.21. The van der Waals surface area contributed by atoms with Crippen LogP contribution in [0, 0.1) is 6.92 Å². The van der Waals surface area contributed by atoms with Gasteiger partial charge in [-0.05, 0) is 67.9 Å². The Morgan fingerprint density at radius 2 is 1.55 bits per heavy atom. The first-order valence-corrected chi connectivity index (χ1v) is 11.6. The fourth-order valence-corrected chi connectivity index (χ4v) is 4.29. The Morgan fingerprint density at radius 3 is 2.18 bits per heavy atom. The van der Waals surface area contributed by atoms with Gasteiger partial charge in [0.1, 0.15) is 5.75 Å². The molecule has 0 aliphatic carbocycles. The molecule has 0 bridgehead atoms. The molecule has 0 saturated heterocycles. The Bertz CT molecular complexity index is 1240. The number of benzene rings is 3. The van der Waals surface area contributed by atoms with Gasteiger partial charge in [-0.2, -0.15) is 4.72 Å². The number of nitrogens with one attached hydrogen (secondary N) is 3. The van der Waals surface area contributed by atoms with Crippen molar-refractivity contribution in [2.45, 2.75) is 24.8 Å². The van der Waals surface area contributed by atoms with Gasteiger partial charge in [0, 0.05) is 16.9 Å². The number of hydrogen-bond acceptors (Lipinski definition) is 5. The predicted molar refractivity (Wildman–Crippen MR) is 127 cm³/mol. The molecule has 3 aromatic carbocycles. The van der Waals surface area contributed by atoms with E-state index in [1.54, 1.807) is 37.3 Å². The van der Waals surface area contributed by atoms with Crippen molar-refractivity contribution in [3.8, 4) is 5.75 Å². The summed E-state index contributed by atoms with van der Waals surface area (Å²) in [4.78, 5) is 25.4. The average molecular weight is 468 g/mol. The van der Waals surface area contributed by atoms with Crippen LogP contribution in [0.25, 0.3) is 0 Å². The number of amides is 2. The number of rotatable bonds is 8. The van der Waals surface area contributed by atoms with Crippen molar-refractivity contribution in [1.29, 1.82) is 0 Å². The van der Waals surface area contributed by atoms with E-state index in [1.165, 1.54) is 38.3 Å². The minimum Gasteiger partial charge on any atom is -0.497 e. The molecule has 9 heteroatoms. The Kier molecular flexibility index (Phi) is 7.47. The van der Waals surface area contributed by atoms with Crippen molar-refractivity contribution in [2.75, 3.05) is 17.7 Å². The first-order valence-electron chi connectivity index (χ1n) is 10.1. The van der Waals surface area contributed by atoms with Crippen LogP contribution in [-0.4, -0.2) is 33.4 Å². The van der Waals surface area contributed by atoms with Crippen molar-refractivity contribution in [3.05, 3.63) is 83.9 Å². The maximum Gasteiger partial charge on any atom is 0.256 e. The highest BCUT2D eigenvalue weighted by atomic mass is 32.2. The molecule has 3 aromatic rings. The van der Waals surface area contributed by atoms with E-state index >= 15 is 0 Å². The Morgan fingerprint density at radius 1 is 0.879 bits per heavy atom. The molecule has 172 valence electrons. The van der Waals surface area contributed by atoms with Crippen LogP contribution in [0.5, 0.6) is 5.75 Å². The topological polar surface area (TPSA) is 114 Å². The Hall–Kier alpha value is -3.69. The summed E-state index contributed by atoms with van der Waals surface area (Å²) < 4.78 is 32.6. The summed E-state index contributed by atoms with van der Waals surface area (Å²) in [6, 6.07) is 18.7. The van der Waals surface area contributed by atoms with Crippen molar-refractivity contribution >= 4 is 33.2 Å². The van der Waals surface area contributed by atoms with Gasteiger partial charge in [-0.15, -0.1) is 0 Å². The van der Waals surface area contributed by atoms with E-state index in [2.05, 4.69) is 15.4 Å². The molecule has 3 N–H and O–H groups in total. The van der Waals surface area contributed by atoms with Gasteiger partial charge < -0.3 is 15.4 Å². The van der Waals surface area contributed by atoms with Gasteiger partial charge in [-0.1, -0.05) is 24.3 Å². The molecule has 0 aromatic heterocycles. The number of methoxy groups -OCH3 is 1. The number of carbonyl (C=O) groups excluding carboxylic acids is 2. The molecular weight excluding hydrogens is 442 g/mol. The van der Waals surface area contributed by atoms with Gasteiger partial charge in [0.05, 0.1) is 18.0 Å². The van der Waals surface area contributed by atoms with Crippen LogP contribution in [0.2, 0.25) is 0 Å². The smallest absolute Gasteiger partial charge is 0.256 e. The summed E-state index contributed by atoms with van der Waals surface area (Å²) >= 11 is 0. The van der Waals surface area contributed by atoms with Crippen LogP contribution in [-0.2, 0) is 14.8 Å². The molecule has 8 nitrogen and oxygen atoms in total. The molecule has 3 rings (SSSR count). The fraction of sp³-hybridized carbons (Fsp3) is 0.167. The molecule has 0 aliphatic rings.